The molecule has 108 valence electrons. The number of halogens is 1. The van der Waals surface area contributed by atoms with Crippen molar-refractivity contribution >= 4 is 23.1 Å². The fourth-order valence-electron chi connectivity index (χ4n) is 2.21. The molecule has 0 bridgehead atoms. The Bertz CT molecular complexity index is 580. The molecule has 0 radical (unpaired) electrons. The van der Waals surface area contributed by atoms with E-state index in [1.54, 1.807) is 0 Å². The van der Waals surface area contributed by atoms with E-state index in [2.05, 4.69) is 47.8 Å². The fourth-order valence-corrected chi connectivity index (χ4v) is 3.44. The maximum atomic E-state index is 6.34. The molecule has 2 rings (SSSR count). The molecule has 1 aromatic heterocycles. The molecule has 5 heteroatoms. The number of rotatable bonds is 5. The van der Waals surface area contributed by atoms with Crippen molar-refractivity contribution in [2.24, 2.45) is 0 Å². The highest BCUT2D eigenvalue weighted by Crippen LogP contribution is 2.30. The first-order chi connectivity index (χ1) is 9.52. The summed E-state index contributed by atoms with van der Waals surface area (Å²) in [4.78, 5) is 1.21. The molecule has 20 heavy (non-hydrogen) atoms. The standard InChI is InChI=1S/C15H20ClN3S/c1-9(2)14-15(20-19-18-14)13(17-4)8-11-6-5-10(3)7-12(11)16/h5-7,9,13,17H,8H2,1-4H3. The third kappa shape index (κ3) is 3.37. The topological polar surface area (TPSA) is 37.8 Å². The number of hydrogen-bond donors (Lipinski definition) is 1. The summed E-state index contributed by atoms with van der Waals surface area (Å²) in [6.07, 6.45) is 0.846. The minimum atomic E-state index is 0.201. The summed E-state index contributed by atoms with van der Waals surface area (Å²) in [5.41, 5.74) is 3.42. The quantitative estimate of drug-likeness (QED) is 0.902. The Morgan fingerprint density at radius 2 is 2.10 bits per heavy atom. The van der Waals surface area contributed by atoms with E-state index < -0.39 is 0 Å². The summed E-state index contributed by atoms with van der Waals surface area (Å²) in [5.74, 6) is 0.382. The van der Waals surface area contributed by atoms with Gasteiger partial charge < -0.3 is 5.32 Å². The van der Waals surface area contributed by atoms with Crippen molar-refractivity contribution in [1.82, 2.24) is 14.9 Å². The highest BCUT2D eigenvalue weighted by atomic mass is 35.5. The first kappa shape index (κ1) is 15.4. The Balaban J connectivity index is 2.26. The molecule has 0 amide bonds. The molecule has 0 aliphatic heterocycles. The predicted molar refractivity (Wildman–Crippen MR) is 85.7 cm³/mol. The molecule has 1 aromatic carbocycles. The molecular formula is C15H20ClN3S. The van der Waals surface area contributed by atoms with Crippen molar-refractivity contribution in [3.63, 3.8) is 0 Å². The molecule has 0 saturated heterocycles. The smallest absolute Gasteiger partial charge is 0.0829 e. The highest BCUT2D eigenvalue weighted by Gasteiger charge is 2.21. The van der Waals surface area contributed by atoms with E-state index in [1.807, 2.05) is 13.1 Å². The molecule has 3 nitrogen and oxygen atoms in total. The Labute approximate surface area is 129 Å². The van der Waals surface area contributed by atoms with Crippen LogP contribution in [0.5, 0.6) is 0 Å². The maximum Gasteiger partial charge on any atom is 0.0829 e. The van der Waals surface area contributed by atoms with Crippen LogP contribution in [0.2, 0.25) is 5.02 Å². The van der Waals surface area contributed by atoms with Crippen LogP contribution in [0.25, 0.3) is 0 Å². The summed E-state index contributed by atoms with van der Waals surface area (Å²) in [6, 6.07) is 6.42. The van der Waals surface area contributed by atoms with Crippen LogP contribution in [0, 0.1) is 6.92 Å². The van der Waals surface area contributed by atoms with Gasteiger partial charge in [0.25, 0.3) is 0 Å². The summed E-state index contributed by atoms with van der Waals surface area (Å²) in [7, 11) is 1.97. The van der Waals surface area contributed by atoms with Crippen LogP contribution in [0.15, 0.2) is 18.2 Å². The Morgan fingerprint density at radius 1 is 1.35 bits per heavy atom. The second kappa shape index (κ2) is 6.66. The van der Waals surface area contributed by atoms with Crippen LogP contribution in [0.4, 0.5) is 0 Å². The zero-order chi connectivity index (χ0) is 14.7. The second-order valence-corrected chi connectivity index (χ2v) is 6.51. The first-order valence-electron chi connectivity index (χ1n) is 6.77. The van der Waals surface area contributed by atoms with Crippen LogP contribution in [0.1, 0.15) is 47.5 Å². The van der Waals surface area contributed by atoms with Crippen molar-refractivity contribution in [3.8, 4) is 0 Å². The van der Waals surface area contributed by atoms with Crippen LogP contribution in [-0.2, 0) is 6.42 Å². The average molecular weight is 310 g/mol. The SMILES string of the molecule is CNC(Cc1ccc(C)cc1Cl)c1snnc1C(C)C. The van der Waals surface area contributed by atoms with Crippen molar-refractivity contribution in [1.29, 1.82) is 0 Å². The molecule has 0 saturated carbocycles. The molecule has 0 spiro atoms. The van der Waals surface area contributed by atoms with Gasteiger partial charge in [0.2, 0.25) is 0 Å². The van der Waals surface area contributed by atoms with Crippen LogP contribution < -0.4 is 5.32 Å². The Hall–Kier alpha value is -0.970. The van der Waals surface area contributed by atoms with E-state index in [1.165, 1.54) is 22.0 Å². The largest absolute Gasteiger partial charge is 0.312 e. The normalized spacial score (nSPS) is 12.9. The van der Waals surface area contributed by atoms with Gasteiger partial charge in [-0.05, 0) is 55.0 Å². The van der Waals surface area contributed by atoms with E-state index in [0.717, 1.165) is 22.7 Å². The van der Waals surface area contributed by atoms with E-state index in [9.17, 15) is 0 Å². The Morgan fingerprint density at radius 3 is 2.70 bits per heavy atom. The summed E-state index contributed by atoms with van der Waals surface area (Å²) in [5, 5.41) is 8.45. The van der Waals surface area contributed by atoms with Crippen molar-refractivity contribution in [2.45, 2.75) is 39.2 Å². The van der Waals surface area contributed by atoms with Gasteiger partial charge in [-0.3, -0.25) is 0 Å². The van der Waals surface area contributed by atoms with Gasteiger partial charge >= 0.3 is 0 Å². The molecule has 1 heterocycles. The molecule has 1 N–H and O–H groups in total. The van der Waals surface area contributed by atoms with E-state index >= 15 is 0 Å². The molecule has 0 aliphatic rings. The minimum absolute atomic E-state index is 0.201. The van der Waals surface area contributed by atoms with Gasteiger partial charge in [-0.1, -0.05) is 42.1 Å². The predicted octanol–water partition coefficient (Wildman–Crippen LogP) is 4.13. The van der Waals surface area contributed by atoms with Gasteiger partial charge in [0.05, 0.1) is 10.6 Å². The highest BCUT2D eigenvalue weighted by molar-refractivity contribution is 7.05. The van der Waals surface area contributed by atoms with Gasteiger partial charge in [-0.15, -0.1) is 5.10 Å². The summed E-state index contributed by atoms with van der Waals surface area (Å²) >= 11 is 7.81. The van der Waals surface area contributed by atoms with E-state index in [4.69, 9.17) is 11.6 Å². The zero-order valence-corrected chi connectivity index (χ0v) is 13.8. The number of likely N-dealkylation sites (N-methyl/N-ethyl adjacent to an activating group) is 1. The number of aromatic nitrogens is 2. The molecule has 1 unspecified atom stereocenters. The van der Waals surface area contributed by atoms with Crippen molar-refractivity contribution < 1.29 is 0 Å². The Kier molecular flexibility index (Phi) is 5.13. The summed E-state index contributed by atoms with van der Waals surface area (Å²) in [6.45, 7) is 6.34. The van der Waals surface area contributed by atoms with Crippen molar-refractivity contribution in [2.75, 3.05) is 7.05 Å². The zero-order valence-electron chi connectivity index (χ0n) is 12.3. The van der Waals surface area contributed by atoms with E-state index in [-0.39, 0.29) is 6.04 Å². The molecule has 2 aromatic rings. The van der Waals surface area contributed by atoms with Crippen LogP contribution in [0.3, 0.4) is 0 Å². The fraction of sp³-hybridized carbons (Fsp3) is 0.467. The van der Waals surface area contributed by atoms with Crippen LogP contribution >= 0.6 is 23.1 Å². The monoisotopic (exact) mass is 309 g/mol. The molecule has 0 fully saturated rings. The summed E-state index contributed by atoms with van der Waals surface area (Å²) < 4.78 is 4.11. The average Bonchev–Trinajstić information content (AvgIpc) is 2.87. The first-order valence-corrected chi connectivity index (χ1v) is 7.92. The van der Waals surface area contributed by atoms with Crippen LogP contribution in [-0.4, -0.2) is 16.6 Å². The van der Waals surface area contributed by atoms with Gasteiger partial charge in [-0.2, -0.15) is 0 Å². The number of benzene rings is 1. The van der Waals surface area contributed by atoms with Gasteiger partial charge in [0.1, 0.15) is 0 Å². The molecule has 0 aliphatic carbocycles. The third-order valence-electron chi connectivity index (χ3n) is 3.38. The van der Waals surface area contributed by atoms with Gasteiger partial charge in [-0.25, -0.2) is 0 Å². The minimum Gasteiger partial charge on any atom is -0.312 e. The lowest BCUT2D eigenvalue weighted by atomic mass is 9.99. The number of nitrogens with one attached hydrogen (secondary N) is 1. The van der Waals surface area contributed by atoms with Gasteiger partial charge in [0.15, 0.2) is 0 Å². The second-order valence-electron chi connectivity index (χ2n) is 5.32. The van der Waals surface area contributed by atoms with Crippen molar-refractivity contribution in [3.05, 3.63) is 44.9 Å². The third-order valence-corrected chi connectivity index (χ3v) is 4.59. The molecule has 1 atom stereocenters. The number of hydrogen-bond acceptors (Lipinski definition) is 4. The lowest BCUT2D eigenvalue weighted by Gasteiger charge is -2.17. The van der Waals surface area contributed by atoms with E-state index in [0.29, 0.717) is 5.92 Å². The number of nitrogens with zero attached hydrogens (tertiary/aromatic N) is 2. The van der Waals surface area contributed by atoms with Gasteiger partial charge in [0, 0.05) is 11.1 Å². The lowest BCUT2D eigenvalue weighted by molar-refractivity contribution is 0.589. The lowest BCUT2D eigenvalue weighted by Crippen LogP contribution is -2.19. The molecular weight excluding hydrogens is 290 g/mol. The maximum absolute atomic E-state index is 6.34. The number of aryl methyl sites for hydroxylation is 1.